The topological polar surface area (TPSA) is 112 Å². The number of nitrogens with zero attached hydrogens (tertiary/aromatic N) is 2. The first-order valence-electron chi connectivity index (χ1n) is 7.30. The fourth-order valence-electron chi connectivity index (χ4n) is 2.45. The van der Waals surface area contributed by atoms with Crippen LogP contribution >= 0.6 is 0 Å². The summed E-state index contributed by atoms with van der Waals surface area (Å²) in [6.07, 6.45) is 0.748. The van der Waals surface area contributed by atoms with E-state index in [9.17, 15) is 14.7 Å². The smallest absolute Gasteiger partial charge is 0.336 e. The first-order valence-corrected chi connectivity index (χ1v) is 7.30. The number of para-hydroxylation sites is 1. The Bertz CT molecular complexity index is 981. The van der Waals surface area contributed by atoms with Crippen molar-refractivity contribution in [3.8, 4) is 11.3 Å². The first kappa shape index (κ1) is 16.1. The van der Waals surface area contributed by atoms with Crippen molar-refractivity contribution in [2.24, 2.45) is 5.16 Å². The zero-order valence-electron chi connectivity index (χ0n) is 12.9. The minimum absolute atomic E-state index is 0.178. The highest BCUT2D eigenvalue weighted by molar-refractivity contribution is 6.31. The summed E-state index contributed by atoms with van der Waals surface area (Å²) in [6.45, 7) is 0. The second-order valence-corrected chi connectivity index (χ2v) is 5.19. The highest BCUT2D eigenvalue weighted by atomic mass is 16.4. The fraction of sp³-hybridized carbons (Fsp3) is 0. The molecule has 0 aliphatic heterocycles. The van der Waals surface area contributed by atoms with Gasteiger partial charge in [0.25, 0.3) is 5.91 Å². The lowest BCUT2D eigenvalue weighted by molar-refractivity contribution is -0.110. The van der Waals surface area contributed by atoms with Gasteiger partial charge >= 0.3 is 5.97 Å². The van der Waals surface area contributed by atoms with Crippen LogP contribution in [0.3, 0.4) is 0 Å². The lowest BCUT2D eigenvalue weighted by Crippen LogP contribution is -2.12. The van der Waals surface area contributed by atoms with Crippen molar-refractivity contribution in [1.82, 2.24) is 4.98 Å². The molecule has 0 fully saturated rings. The van der Waals surface area contributed by atoms with Crippen LogP contribution in [0.2, 0.25) is 0 Å². The van der Waals surface area contributed by atoms with Gasteiger partial charge < -0.3 is 15.6 Å². The number of benzene rings is 2. The molecule has 0 aliphatic rings. The summed E-state index contributed by atoms with van der Waals surface area (Å²) in [5.41, 5.74) is 2.51. The minimum Gasteiger partial charge on any atom is -0.478 e. The van der Waals surface area contributed by atoms with E-state index >= 15 is 0 Å². The Morgan fingerprint density at radius 3 is 2.48 bits per heavy atom. The van der Waals surface area contributed by atoms with Gasteiger partial charge in [-0.2, -0.15) is 0 Å². The van der Waals surface area contributed by atoms with E-state index in [2.05, 4.69) is 15.5 Å². The van der Waals surface area contributed by atoms with Crippen LogP contribution in [0.1, 0.15) is 10.4 Å². The molecular weight excluding hydrogens is 322 g/mol. The summed E-state index contributed by atoms with van der Waals surface area (Å²) in [5.74, 6) is -1.58. The minimum atomic E-state index is -1.02. The number of aromatic nitrogens is 1. The lowest BCUT2D eigenvalue weighted by Gasteiger charge is -2.08. The largest absolute Gasteiger partial charge is 0.478 e. The third-order valence-electron chi connectivity index (χ3n) is 3.57. The van der Waals surface area contributed by atoms with Crippen LogP contribution in [-0.2, 0) is 4.79 Å². The summed E-state index contributed by atoms with van der Waals surface area (Å²) in [7, 11) is 0. The molecule has 3 N–H and O–H groups in total. The number of rotatable bonds is 4. The summed E-state index contributed by atoms with van der Waals surface area (Å²) >= 11 is 0. The van der Waals surface area contributed by atoms with Gasteiger partial charge in [-0.25, -0.2) is 9.78 Å². The Morgan fingerprint density at radius 1 is 1.08 bits per heavy atom. The van der Waals surface area contributed by atoms with E-state index in [0.717, 1.165) is 6.21 Å². The van der Waals surface area contributed by atoms with E-state index in [4.69, 9.17) is 5.21 Å². The Balaban J connectivity index is 1.99. The van der Waals surface area contributed by atoms with E-state index < -0.39 is 11.9 Å². The number of carbonyl (C=O) groups is 2. The molecule has 3 rings (SSSR count). The number of oxime groups is 1. The molecule has 0 aliphatic carbocycles. The van der Waals surface area contributed by atoms with Crippen molar-refractivity contribution in [3.05, 3.63) is 60.2 Å². The molecule has 7 heteroatoms. The van der Waals surface area contributed by atoms with Crippen molar-refractivity contribution >= 4 is 34.7 Å². The maximum Gasteiger partial charge on any atom is 0.336 e. The highest BCUT2D eigenvalue weighted by Crippen LogP contribution is 2.25. The van der Waals surface area contributed by atoms with Gasteiger partial charge in [-0.3, -0.25) is 4.79 Å². The molecule has 3 aromatic rings. The van der Waals surface area contributed by atoms with Gasteiger partial charge in [-0.05, 0) is 24.3 Å². The number of carboxylic acid groups (broad SMARTS) is 1. The molecule has 0 saturated carbocycles. The molecule has 1 aromatic heterocycles. The third kappa shape index (κ3) is 3.45. The molecule has 0 unspecified atom stereocenters. The number of amides is 1. The lowest BCUT2D eigenvalue weighted by atomic mass is 10.0. The summed E-state index contributed by atoms with van der Waals surface area (Å²) in [6, 6.07) is 15.3. The number of carboxylic acids is 1. The maximum atomic E-state index is 11.5. The Labute approximate surface area is 142 Å². The van der Waals surface area contributed by atoms with Crippen LogP contribution in [-0.4, -0.2) is 33.4 Å². The third-order valence-corrected chi connectivity index (χ3v) is 3.57. The van der Waals surface area contributed by atoms with Crippen molar-refractivity contribution in [2.75, 3.05) is 5.32 Å². The molecule has 0 radical (unpaired) electrons. The van der Waals surface area contributed by atoms with Crippen LogP contribution < -0.4 is 5.32 Å². The molecule has 124 valence electrons. The molecule has 0 atom stereocenters. The van der Waals surface area contributed by atoms with Gasteiger partial charge in [0, 0.05) is 16.6 Å². The molecular formula is C18H13N3O4. The van der Waals surface area contributed by atoms with Crippen LogP contribution in [0.4, 0.5) is 5.69 Å². The highest BCUT2D eigenvalue weighted by Gasteiger charge is 2.12. The monoisotopic (exact) mass is 335 g/mol. The number of pyridine rings is 1. The van der Waals surface area contributed by atoms with E-state index in [1.165, 1.54) is 6.07 Å². The van der Waals surface area contributed by atoms with Crippen LogP contribution in [0.25, 0.3) is 22.2 Å². The van der Waals surface area contributed by atoms with Gasteiger partial charge in [0.15, 0.2) is 0 Å². The van der Waals surface area contributed by atoms with Crippen molar-refractivity contribution in [1.29, 1.82) is 0 Å². The summed E-state index contributed by atoms with van der Waals surface area (Å²) in [4.78, 5) is 27.4. The van der Waals surface area contributed by atoms with E-state index in [1.807, 2.05) is 0 Å². The van der Waals surface area contributed by atoms with Crippen molar-refractivity contribution in [2.45, 2.75) is 0 Å². The average molecular weight is 335 g/mol. The van der Waals surface area contributed by atoms with Crippen LogP contribution in [0.15, 0.2) is 59.8 Å². The van der Waals surface area contributed by atoms with E-state index in [0.29, 0.717) is 27.8 Å². The number of nitrogens with one attached hydrogen (secondary N) is 1. The second kappa shape index (κ2) is 6.79. The summed E-state index contributed by atoms with van der Waals surface area (Å²) < 4.78 is 0. The first-order chi connectivity index (χ1) is 12.1. The van der Waals surface area contributed by atoms with Crippen molar-refractivity contribution < 1.29 is 19.9 Å². The van der Waals surface area contributed by atoms with E-state index in [-0.39, 0.29) is 5.56 Å². The Morgan fingerprint density at radius 2 is 1.80 bits per heavy atom. The summed E-state index contributed by atoms with van der Waals surface area (Å²) in [5, 5.41) is 23.5. The molecule has 25 heavy (non-hydrogen) atoms. The zero-order valence-corrected chi connectivity index (χ0v) is 12.9. The molecule has 2 aromatic carbocycles. The van der Waals surface area contributed by atoms with Gasteiger partial charge in [-0.1, -0.05) is 35.5 Å². The molecule has 0 bridgehead atoms. The number of hydrogen-bond donors (Lipinski definition) is 3. The zero-order chi connectivity index (χ0) is 17.8. The van der Waals surface area contributed by atoms with Crippen LogP contribution in [0.5, 0.6) is 0 Å². The number of hydrogen-bond acceptors (Lipinski definition) is 5. The molecule has 7 nitrogen and oxygen atoms in total. The molecule has 0 saturated heterocycles. The standard InChI is InChI=1S/C18H13N3O4/c22-17(10-19-25)20-12-7-5-11(6-8-12)16-9-14(18(23)24)13-3-1-2-4-15(13)21-16/h1-10,25H,(H,20,22)(H,23,24)/b19-10-. The quantitative estimate of drug-likeness (QED) is 0.385. The normalized spacial score (nSPS) is 10.9. The van der Waals surface area contributed by atoms with Crippen molar-refractivity contribution in [3.63, 3.8) is 0 Å². The average Bonchev–Trinajstić information content (AvgIpc) is 2.61. The number of anilines is 1. The Hall–Kier alpha value is -3.74. The van der Waals surface area contributed by atoms with E-state index in [1.54, 1.807) is 48.5 Å². The molecule has 0 spiro atoms. The Kier molecular flexibility index (Phi) is 4.38. The van der Waals surface area contributed by atoms with Gasteiger partial charge in [0.1, 0.15) is 6.21 Å². The predicted octanol–water partition coefficient (Wildman–Crippen LogP) is 3.00. The van der Waals surface area contributed by atoms with Gasteiger partial charge in [-0.15, -0.1) is 0 Å². The SMILES string of the molecule is O=C(/C=N\O)Nc1ccc(-c2cc(C(=O)O)c3ccccc3n2)cc1. The van der Waals surface area contributed by atoms with Gasteiger partial charge in [0.2, 0.25) is 0 Å². The molecule has 1 amide bonds. The number of aromatic carboxylic acids is 1. The predicted molar refractivity (Wildman–Crippen MR) is 93.0 cm³/mol. The van der Waals surface area contributed by atoms with Gasteiger partial charge in [0.05, 0.1) is 16.8 Å². The van der Waals surface area contributed by atoms with Crippen LogP contribution in [0, 0.1) is 0 Å². The second-order valence-electron chi connectivity index (χ2n) is 5.19. The maximum absolute atomic E-state index is 11.5. The number of fused-ring (bicyclic) bond motifs is 1. The fourth-order valence-corrected chi connectivity index (χ4v) is 2.45. The number of carbonyl (C=O) groups excluding carboxylic acids is 1. The molecule has 1 heterocycles.